The van der Waals surface area contributed by atoms with E-state index in [9.17, 15) is 5.26 Å². The Labute approximate surface area is 158 Å². The summed E-state index contributed by atoms with van der Waals surface area (Å²) in [6.45, 7) is 1.90. The Morgan fingerprint density at radius 3 is 2.52 bits per heavy atom. The van der Waals surface area contributed by atoms with Gasteiger partial charge in [-0.25, -0.2) is 15.8 Å². The molecule has 1 aromatic heterocycles. The third-order valence-electron chi connectivity index (χ3n) is 4.95. The highest BCUT2D eigenvalue weighted by Gasteiger charge is 2.29. The van der Waals surface area contributed by atoms with Crippen LogP contribution < -0.4 is 11.3 Å². The smallest absolute Gasteiger partial charge is 0.147 e. The Morgan fingerprint density at radius 2 is 1.85 bits per heavy atom. The minimum Gasteiger partial charge on any atom is -0.308 e. The van der Waals surface area contributed by atoms with Gasteiger partial charge in [0.25, 0.3) is 0 Å². The number of hydrazine groups is 1. The van der Waals surface area contributed by atoms with Gasteiger partial charge in [0.05, 0.1) is 17.3 Å². The lowest BCUT2D eigenvalue weighted by Crippen LogP contribution is -2.15. The molecule has 1 aliphatic carbocycles. The van der Waals surface area contributed by atoms with Crippen LogP contribution in [-0.2, 0) is 6.42 Å². The third kappa shape index (κ3) is 3.53. The molecule has 5 nitrogen and oxygen atoms in total. The van der Waals surface area contributed by atoms with Crippen LogP contribution >= 0.6 is 0 Å². The summed E-state index contributed by atoms with van der Waals surface area (Å²) in [5, 5.41) is 9.31. The lowest BCUT2D eigenvalue weighted by atomic mass is 9.96. The maximum atomic E-state index is 9.31. The van der Waals surface area contributed by atoms with Gasteiger partial charge in [-0.05, 0) is 42.5 Å². The number of nitrogen functional groups attached to an aromatic ring is 1. The van der Waals surface area contributed by atoms with Crippen molar-refractivity contribution in [3.8, 4) is 17.2 Å². The summed E-state index contributed by atoms with van der Waals surface area (Å²) in [5.41, 5.74) is 8.78. The molecule has 0 aliphatic heterocycles. The lowest BCUT2D eigenvalue weighted by molar-refractivity contribution is 0.897. The normalized spacial score (nSPS) is 13.2. The van der Waals surface area contributed by atoms with Gasteiger partial charge >= 0.3 is 0 Å². The minimum atomic E-state index is 0.524. The largest absolute Gasteiger partial charge is 0.308 e. The zero-order valence-electron chi connectivity index (χ0n) is 15.2. The minimum absolute atomic E-state index is 0.524. The second-order valence-corrected chi connectivity index (χ2v) is 6.93. The zero-order chi connectivity index (χ0) is 18.8. The zero-order valence-corrected chi connectivity index (χ0v) is 15.2. The van der Waals surface area contributed by atoms with E-state index < -0.39 is 0 Å². The lowest BCUT2D eigenvalue weighted by Gasteiger charge is -2.14. The molecule has 0 bridgehead atoms. The number of nitrogens with one attached hydrogen (secondary N) is 1. The molecule has 5 heteroatoms. The third-order valence-corrected chi connectivity index (χ3v) is 4.95. The molecule has 1 heterocycles. The van der Waals surface area contributed by atoms with Crippen molar-refractivity contribution in [3.05, 3.63) is 76.7 Å². The first kappa shape index (κ1) is 17.2. The Morgan fingerprint density at radius 1 is 1.11 bits per heavy atom. The summed E-state index contributed by atoms with van der Waals surface area (Å²) in [5.74, 6) is 7.71. The van der Waals surface area contributed by atoms with Crippen LogP contribution in [0.15, 0.2) is 48.5 Å². The van der Waals surface area contributed by atoms with Crippen molar-refractivity contribution in [1.29, 1.82) is 5.26 Å². The molecule has 0 amide bonds. The van der Waals surface area contributed by atoms with Crippen molar-refractivity contribution in [1.82, 2.24) is 9.97 Å². The SMILES string of the molecule is Cc1nc(NN)c(Cc2ccc(-c3ccccc3C#N)cc2)c(C2CC2)n1. The fourth-order valence-electron chi connectivity index (χ4n) is 3.44. The molecule has 2 aromatic carbocycles. The Kier molecular flexibility index (Phi) is 4.57. The number of hydrogen-bond acceptors (Lipinski definition) is 5. The second-order valence-electron chi connectivity index (χ2n) is 6.93. The molecule has 0 atom stereocenters. The molecule has 1 fully saturated rings. The summed E-state index contributed by atoms with van der Waals surface area (Å²) in [6.07, 6.45) is 3.08. The van der Waals surface area contributed by atoms with E-state index in [-0.39, 0.29) is 0 Å². The molecule has 4 rings (SSSR count). The number of aryl methyl sites for hydroxylation is 1. The first-order valence-electron chi connectivity index (χ1n) is 9.12. The number of anilines is 1. The molecule has 0 radical (unpaired) electrons. The number of hydrogen-bond donors (Lipinski definition) is 2. The number of nitrogens with two attached hydrogens (primary N) is 1. The topological polar surface area (TPSA) is 87.6 Å². The molecule has 0 spiro atoms. The highest BCUT2D eigenvalue weighted by atomic mass is 15.3. The van der Waals surface area contributed by atoms with E-state index in [1.54, 1.807) is 0 Å². The van der Waals surface area contributed by atoms with E-state index in [1.165, 1.54) is 18.4 Å². The number of benzene rings is 2. The maximum absolute atomic E-state index is 9.31. The fourth-order valence-corrected chi connectivity index (χ4v) is 3.44. The van der Waals surface area contributed by atoms with Crippen LogP contribution in [0.3, 0.4) is 0 Å². The van der Waals surface area contributed by atoms with Crippen molar-refractivity contribution >= 4 is 5.82 Å². The molecule has 1 aliphatic rings. The van der Waals surface area contributed by atoms with E-state index >= 15 is 0 Å². The van der Waals surface area contributed by atoms with Crippen molar-refractivity contribution < 1.29 is 0 Å². The number of nitrogens with zero attached hydrogens (tertiary/aromatic N) is 3. The van der Waals surface area contributed by atoms with Gasteiger partial charge in [0.2, 0.25) is 0 Å². The number of rotatable bonds is 5. The van der Waals surface area contributed by atoms with Crippen molar-refractivity contribution in [2.24, 2.45) is 5.84 Å². The van der Waals surface area contributed by atoms with Crippen LogP contribution in [0.5, 0.6) is 0 Å². The van der Waals surface area contributed by atoms with Gasteiger partial charge in [-0.3, -0.25) is 0 Å². The van der Waals surface area contributed by atoms with Crippen LogP contribution in [0.25, 0.3) is 11.1 Å². The molecule has 0 saturated heterocycles. The quantitative estimate of drug-likeness (QED) is 0.532. The van der Waals surface area contributed by atoms with Crippen LogP contribution in [-0.4, -0.2) is 9.97 Å². The Bertz CT molecular complexity index is 1010. The number of aromatic nitrogens is 2. The van der Waals surface area contributed by atoms with Crippen LogP contribution in [0, 0.1) is 18.3 Å². The molecule has 3 aromatic rings. The monoisotopic (exact) mass is 355 g/mol. The Balaban J connectivity index is 1.66. The molecule has 3 N–H and O–H groups in total. The predicted octanol–water partition coefficient (Wildman–Crippen LogP) is 4.08. The van der Waals surface area contributed by atoms with Crippen LogP contribution in [0.4, 0.5) is 5.82 Å². The second kappa shape index (κ2) is 7.18. The summed E-state index contributed by atoms with van der Waals surface area (Å²) >= 11 is 0. The van der Waals surface area contributed by atoms with E-state index in [0.29, 0.717) is 17.3 Å². The predicted molar refractivity (Wildman–Crippen MR) is 106 cm³/mol. The average molecular weight is 355 g/mol. The summed E-state index contributed by atoms with van der Waals surface area (Å²) in [7, 11) is 0. The van der Waals surface area contributed by atoms with E-state index in [1.807, 2.05) is 31.2 Å². The molecule has 27 heavy (non-hydrogen) atoms. The molecular formula is C22H21N5. The molecule has 134 valence electrons. The van der Waals surface area contributed by atoms with Gasteiger partial charge in [0, 0.05) is 17.9 Å². The van der Waals surface area contributed by atoms with Gasteiger partial charge in [-0.15, -0.1) is 0 Å². The molecular weight excluding hydrogens is 334 g/mol. The molecule has 1 saturated carbocycles. The van der Waals surface area contributed by atoms with E-state index in [4.69, 9.17) is 5.84 Å². The van der Waals surface area contributed by atoms with Crippen LogP contribution in [0.1, 0.15) is 47.0 Å². The maximum Gasteiger partial charge on any atom is 0.147 e. The van der Waals surface area contributed by atoms with Gasteiger partial charge in [-0.1, -0.05) is 42.5 Å². The fraction of sp³-hybridized carbons (Fsp3) is 0.227. The summed E-state index contributed by atoms with van der Waals surface area (Å²) in [4.78, 5) is 9.15. The highest BCUT2D eigenvalue weighted by molar-refractivity contribution is 5.70. The first-order chi connectivity index (χ1) is 13.2. The standard InChI is InChI=1S/C22H21N5/c1-14-25-21(17-10-11-17)20(22(26-14)27-24)12-15-6-8-16(9-7-15)19-5-3-2-4-18(19)13-23/h2-9,17H,10-12,24H2,1H3,(H,25,26,27). The summed E-state index contributed by atoms with van der Waals surface area (Å²) in [6, 6.07) is 18.2. The average Bonchev–Trinajstić information content (AvgIpc) is 3.54. The number of nitriles is 1. The van der Waals surface area contributed by atoms with E-state index in [0.717, 1.165) is 34.6 Å². The van der Waals surface area contributed by atoms with Gasteiger partial charge < -0.3 is 5.43 Å². The summed E-state index contributed by atoms with van der Waals surface area (Å²) < 4.78 is 0. The van der Waals surface area contributed by atoms with E-state index in [2.05, 4.69) is 45.7 Å². The van der Waals surface area contributed by atoms with Crippen molar-refractivity contribution in [2.45, 2.75) is 32.1 Å². The van der Waals surface area contributed by atoms with Crippen molar-refractivity contribution in [2.75, 3.05) is 5.43 Å². The first-order valence-corrected chi connectivity index (χ1v) is 9.12. The van der Waals surface area contributed by atoms with Gasteiger partial charge in [0.15, 0.2) is 0 Å². The van der Waals surface area contributed by atoms with Crippen molar-refractivity contribution in [3.63, 3.8) is 0 Å². The van der Waals surface area contributed by atoms with Gasteiger partial charge in [-0.2, -0.15) is 5.26 Å². The van der Waals surface area contributed by atoms with Gasteiger partial charge in [0.1, 0.15) is 11.6 Å². The highest BCUT2D eigenvalue weighted by Crippen LogP contribution is 2.42. The Hall–Kier alpha value is -3.23. The van der Waals surface area contributed by atoms with Crippen LogP contribution in [0.2, 0.25) is 0 Å². The molecule has 0 unspecified atom stereocenters.